The first-order chi connectivity index (χ1) is 10.8. The number of nitrogens with zero attached hydrogens (tertiary/aromatic N) is 3. The van der Waals surface area contributed by atoms with Gasteiger partial charge in [-0.15, -0.1) is 5.10 Å². The maximum atomic E-state index is 12.2. The quantitative estimate of drug-likeness (QED) is 0.868. The van der Waals surface area contributed by atoms with E-state index in [0.717, 1.165) is 17.1 Å². The van der Waals surface area contributed by atoms with Gasteiger partial charge in [-0.1, -0.05) is 10.6 Å². The van der Waals surface area contributed by atoms with Crippen LogP contribution >= 0.6 is 11.5 Å². The van der Waals surface area contributed by atoms with Crippen LogP contribution in [0.4, 0.5) is 0 Å². The van der Waals surface area contributed by atoms with Crippen molar-refractivity contribution >= 4 is 23.3 Å². The monoisotopic (exact) mass is 333 g/mol. The Morgan fingerprint density at radius 1 is 1.35 bits per heavy atom. The molecule has 0 spiro atoms. The fraction of sp³-hybridized carbons (Fsp3) is 0.400. The Morgan fingerprint density at radius 2 is 2.13 bits per heavy atom. The van der Waals surface area contributed by atoms with Crippen LogP contribution in [0.3, 0.4) is 0 Å². The van der Waals surface area contributed by atoms with Crippen LogP contribution in [0.5, 0.6) is 0 Å². The van der Waals surface area contributed by atoms with Crippen LogP contribution in [0.1, 0.15) is 49.3 Å². The number of hydrogen-bond donors (Lipinski definition) is 2. The van der Waals surface area contributed by atoms with Gasteiger partial charge in [-0.3, -0.25) is 14.6 Å². The van der Waals surface area contributed by atoms with Crippen LogP contribution < -0.4 is 10.6 Å². The van der Waals surface area contributed by atoms with Crippen molar-refractivity contribution in [2.45, 2.75) is 38.8 Å². The van der Waals surface area contributed by atoms with E-state index in [0.29, 0.717) is 0 Å². The third kappa shape index (κ3) is 5.41. The Bertz CT molecular complexity index is 652. The molecule has 7 nitrogen and oxygen atoms in total. The molecule has 2 rings (SSSR count). The van der Waals surface area contributed by atoms with Crippen molar-refractivity contribution in [2.75, 3.05) is 0 Å². The molecule has 0 aliphatic carbocycles. The average molecular weight is 333 g/mol. The zero-order chi connectivity index (χ0) is 16.9. The molecule has 2 heterocycles. The van der Waals surface area contributed by atoms with E-state index in [9.17, 15) is 9.59 Å². The summed E-state index contributed by atoms with van der Waals surface area (Å²) < 4.78 is 3.67. The summed E-state index contributed by atoms with van der Waals surface area (Å²) in [6, 6.07) is 3.10. The van der Waals surface area contributed by atoms with Crippen molar-refractivity contribution in [3.63, 3.8) is 0 Å². The molecule has 0 fully saturated rings. The number of pyridine rings is 1. The predicted molar refractivity (Wildman–Crippen MR) is 86.9 cm³/mol. The van der Waals surface area contributed by atoms with E-state index in [1.807, 2.05) is 26.8 Å². The van der Waals surface area contributed by atoms with Gasteiger partial charge in [0.05, 0.1) is 12.5 Å². The van der Waals surface area contributed by atoms with Crippen LogP contribution in [-0.2, 0) is 4.79 Å². The Hall–Kier alpha value is -2.35. The van der Waals surface area contributed by atoms with E-state index in [-0.39, 0.29) is 29.5 Å². The largest absolute Gasteiger partial charge is 0.351 e. The van der Waals surface area contributed by atoms with Gasteiger partial charge < -0.3 is 10.6 Å². The molecule has 8 heteroatoms. The fourth-order valence-corrected chi connectivity index (χ4v) is 2.42. The molecule has 23 heavy (non-hydrogen) atoms. The minimum Gasteiger partial charge on any atom is -0.351 e. The molecule has 0 aromatic carbocycles. The third-order valence-electron chi connectivity index (χ3n) is 2.89. The summed E-state index contributed by atoms with van der Waals surface area (Å²) in [6.45, 7) is 5.72. The number of nitrogens with one attached hydrogen (secondary N) is 2. The van der Waals surface area contributed by atoms with Crippen molar-refractivity contribution in [1.82, 2.24) is 25.2 Å². The number of aromatic nitrogens is 3. The Labute approximate surface area is 138 Å². The molecule has 0 aliphatic rings. The Morgan fingerprint density at radius 3 is 2.70 bits per heavy atom. The number of carbonyl (C=O) groups is 2. The maximum Gasteiger partial charge on any atom is 0.273 e. The number of rotatable bonds is 5. The second-order valence-corrected chi connectivity index (χ2v) is 6.71. The average Bonchev–Trinajstić information content (AvgIpc) is 2.99. The van der Waals surface area contributed by atoms with Crippen LogP contribution in [0.2, 0.25) is 0 Å². The third-order valence-corrected chi connectivity index (χ3v) is 3.39. The lowest BCUT2D eigenvalue weighted by Crippen LogP contribution is -2.42. The van der Waals surface area contributed by atoms with Crippen molar-refractivity contribution in [1.29, 1.82) is 0 Å². The molecular formula is C15H19N5O2S. The minimum atomic E-state index is -0.486. The van der Waals surface area contributed by atoms with E-state index in [1.165, 1.54) is 0 Å². The van der Waals surface area contributed by atoms with Crippen LogP contribution in [0.15, 0.2) is 29.9 Å². The zero-order valence-corrected chi connectivity index (χ0v) is 14.1. The molecule has 0 radical (unpaired) electrons. The van der Waals surface area contributed by atoms with Gasteiger partial charge in [0.2, 0.25) is 5.91 Å². The molecule has 2 aromatic rings. The van der Waals surface area contributed by atoms with Gasteiger partial charge in [0.1, 0.15) is 0 Å². The van der Waals surface area contributed by atoms with Crippen LogP contribution in [0, 0.1) is 0 Å². The Balaban J connectivity index is 2.12. The van der Waals surface area contributed by atoms with E-state index in [4.69, 9.17) is 0 Å². The summed E-state index contributed by atoms with van der Waals surface area (Å²) in [5.74, 6) is -0.515. The van der Waals surface area contributed by atoms with Crippen LogP contribution in [0.25, 0.3) is 0 Å². The van der Waals surface area contributed by atoms with E-state index >= 15 is 0 Å². The highest BCUT2D eigenvalue weighted by atomic mass is 32.1. The fourth-order valence-electron chi connectivity index (χ4n) is 1.98. The van der Waals surface area contributed by atoms with Crippen molar-refractivity contribution in [3.05, 3.63) is 41.2 Å². The summed E-state index contributed by atoms with van der Waals surface area (Å²) in [5, 5.41) is 11.0. The first-order valence-electron chi connectivity index (χ1n) is 7.14. The number of hydrogen-bond acceptors (Lipinski definition) is 6. The highest BCUT2D eigenvalue weighted by Gasteiger charge is 2.22. The summed E-state index contributed by atoms with van der Waals surface area (Å²) >= 11 is 1.10. The highest BCUT2D eigenvalue weighted by molar-refractivity contribution is 7.03. The van der Waals surface area contributed by atoms with Gasteiger partial charge in [-0.05, 0) is 43.9 Å². The molecule has 1 unspecified atom stereocenters. The first-order valence-corrected chi connectivity index (χ1v) is 7.97. The standard InChI is InChI=1S/C15H19N5O2S/c1-15(2,3)18-13(21)7-11(10-5-4-6-16-8-10)17-14(22)12-9-23-20-19-12/h4-6,8-9,11H,7H2,1-3H3,(H,17,22)(H,18,21). The lowest BCUT2D eigenvalue weighted by atomic mass is 10.0. The summed E-state index contributed by atoms with van der Waals surface area (Å²) in [7, 11) is 0. The Kier molecular flexibility index (Phi) is 5.38. The van der Waals surface area contributed by atoms with Gasteiger partial charge in [0, 0.05) is 23.3 Å². The summed E-state index contributed by atoms with van der Waals surface area (Å²) in [4.78, 5) is 28.4. The van der Waals surface area contributed by atoms with Gasteiger partial charge >= 0.3 is 0 Å². The second kappa shape index (κ2) is 7.28. The molecule has 2 aromatic heterocycles. The van der Waals surface area contributed by atoms with Gasteiger partial charge in [-0.25, -0.2) is 0 Å². The first kappa shape index (κ1) is 17.0. The molecule has 122 valence electrons. The van der Waals surface area contributed by atoms with Gasteiger partial charge in [0.25, 0.3) is 5.91 Å². The number of carbonyl (C=O) groups excluding carboxylic acids is 2. The molecule has 0 saturated heterocycles. The summed E-state index contributed by atoms with van der Waals surface area (Å²) in [5.41, 5.74) is 0.660. The molecule has 0 bridgehead atoms. The molecule has 0 aliphatic heterocycles. The molecule has 2 amide bonds. The van der Waals surface area contributed by atoms with Crippen molar-refractivity contribution in [2.24, 2.45) is 0 Å². The SMILES string of the molecule is CC(C)(C)NC(=O)CC(NC(=O)c1csnn1)c1cccnc1. The van der Waals surface area contributed by atoms with Gasteiger partial charge in [0.15, 0.2) is 5.69 Å². The van der Waals surface area contributed by atoms with Crippen LogP contribution in [-0.4, -0.2) is 31.9 Å². The zero-order valence-electron chi connectivity index (χ0n) is 13.2. The normalized spacial score (nSPS) is 12.5. The minimum absolute atomic E-state index is 0.117. The van der Waals surface area contributed by atoms with Gasteiger partial charge in [-0.2, -0.15) is 0 Å². The predicted octanol–water partition coefficient (Wildman–Crippen LogP) is 1.71. The molecule has 1 atom stereocenters. The van der Waals surface area contributed by atoms with Crippen molar-refractivity contribution < 1.29 is 9.59 Å². The second-order valence-electron chi connectivity index (χ2n) is 6.10. The van der Waals surface area contributed by atoms with E-state index < -0.39 is 6.04 Å². The topological polar surface area (TPSA) is 96.9 Å². The smallest absolute Gasteiger partial charge is 0.273 e. The van der Waals surface area contributed by atoms with Crippen molar-refractivity contribution in [3.8, 4) is 0 Å². The molecular weight excluding hydrogens is 314 g/mol. The molecule has 2 N–H and O–H groups in total. The van der Waals surface area contributed by atoms with E-state index in [1.54, 1.807) is 23.8 Å². The maximum absolute atomic E-state index is 12.2. The highest BCUT2D eigenvalue weighted by Crippen LogP contribution is 2.17. The lowest BCUT2D eigenvalue weighted by Gasteiger charge is -2.23. The summed E-state index contributed by atoms with van der Waals surface area (Å²) in [6.07, 6.45) is 3.39. The number of amides is 2. The lowest BCUT2D eigenvalue weighted by molar-refractivity contribution is -0.122. The van der Waals surface area contributed by atoms with E-state index in [2.05, 4.69) is 25.2 Å². The molecule has 0 saturated carbocycles.